The predicted octanol–water partition coefficient (Wildman–Crippen LogP) is 4.25. The Bertz CT molecular complexity index is 837. The third kappa shape index (κ3) is 3.13. The highest BCUT2D eigenvalue weighted by atomic mass is 35.5. The van der Waals surface area contributed by atoms with E-state index in [1.54, 1.807) is 42.5 Å². The van der Waals surface area contributed by atoms with E-state index in [9.17, 15) is 9.18 Å². The molecule has 1 aromatic heterocycles. The summed E-state index contributed by atoms with van der Waals surface area (Å²) in [7, 11) is 0. The van der Waals surface area contributed by atoms with Gasteiger partial charge in [-0.25, -0.2) is 4.39 Å². The zero-order chi connectivity index (χ0) is 15.5. The van der Waals surface area contributed by atoms with Crippen LogP contribution in [0, 0.1) is 5.82 Å². The molecule has 0 atom stereocenters. The number of halogens is 2. The molecule has 0 unspecified atom stereocenters. The van der Waals surface area contributed by atoms with Crippen LogP contribution in [0.1, 0.15) is 10.4 Å². The van der Waals surface area contributed by atoms with Crippen molar-refractivity contribution in [2.45, 2.75) is 0 Å². The van der Waals surface area contributed by atoms with Crippen molar-refractivity contribution >= 4 is 34.0 Å². The second kappa shape index (κ2) is 6.21. The third-order valence-corrected chi connectivity index (χ3v) is 3.94. The summed E-state index contributed by atoms with van der Waals surface area (Å²) in [5, 5.41) is 11.5. The first kappa shape index (κ1) is 14.6. The number of aromatic nitrogens is 2. The minimum atomic E-state index is -0.383. The lowest BCUT2D eigenvalue weighted by Crippen LogP contribution is -2.11. The van der Waals surface area contributed by atoms with Gasteiger partial charge < -0.3 is 0 Å². The van der Waals surface area contributed by atoms with Crippen LogP contribution >= 0.6 is 22.9 Å². The molecule has 7 heteroatoms. The molecule has 1 heterocycles. The van der Waals surface area contributed by atoms with Crippen LogP contribution in [0.15, 0.2) is 48.5 Å². The van der Waals surface area contributed by atoms with Crippen molar-refractivity contribution in [2.75, 3.05) is 5.32 Å². The zero-order valence-electron chi connectivity index (χ0n) is 11.1. The van der Waals surface area contributed by atoms with Crippen molar-refractivity contribution in [3.05, 3.63) is 64.9 Å². The summed E-state index contributed by atoms with van der Waals surface area (Å²) in [6.07, 6.45) is 0. The summed E-state index contributed by atoms with van der Waals surface area (Å²) in [5.41, 5.74) is 0.762. The van der Waals surface area contributed by atoms with E-state index in [1.807, 2.05) is 0 Å². The zero-order valence-corrected chi connectivity index (χ0v) is 12.7. The molecule has 3 rings (SSSR count). The van der Waals surface area contributed by atoms with E-state index >= 15 is 0 Å². The Morgan fingerprint density at radius 1 is 1.14 bits per heavy atom. The highest BCUT2D eigenvalue weighted by molar-refractivity contribution is 7.18. The first-order valence-corrected chi connectivity index (χ1v) is 7.48. The molecule has 3 aromatic rings. The van der Waals surface area contributed by atoms with E-state index in [0.29, 0.717) is 26.3 Å². The molecule has 0 radical (unpaired) electrons. The number of anilines is 1. The molecule has 2 aromatic carbocycles. The first-order chi connectivity index (χ1) is 10.6. The van der Waals surface area contributed by atoms with Crippen molar-refractivity contribution < 1.29 is 9.18 Å². The average Bonchev–Trinajstić information content (AvgIpc) is 2.96. The summed E-state index contributed by atoms with van der Waals surface area (Å²) >= 11 is 6.95. The molecule has 0 saturated heterocycles. The van der Waals surface area contributed by atoms with Gasteiger partial charge in [-0.2, -0.15) is 0 Å². The number of rotatable bonds is 3. The average molecular weight is 334 g/mol. The monoisotopic (exact) mass is 333 g/mol. The topological polar surface area (TPSA) is 54.9 Å². The molecule has 1 N–H and O–H groups in total. The Kier molecular flexibility index (Phi) is 4.13. The number of benzene rings is 2. The second-order valence-electron chi connectivity index (χ2n) is 4.36. The highest BCUT2D eigenvalue weighted by Crippen LogP contribution is 2.28. The van der Waals surface area contributed by atoms with Gasteiger partial charge in [0, 0.05) is 16.1 Å². The van der Waals surface area contributed by atoms with Crippen LogP contribution in [0.25, 0.3) is 10.6 Å². The molecule has 0 aliphatic heterocycles. The number of amides is 1. The van der Waals surface area contributed by atoms with Gasteiger partial charge in [-0.15, -0.1) is 10.2 Å². The van der Waals surface area contributed by atoms with E-state index in [-0.39, 0.29) is 11.7 Å². The van der Waals surface area contributed by atoms with Gasteiger partial charge in [0.05, 0.1) is 0 Å². The van der Waals surface area contributed by atoms with Crippen molar-refractivity contribution in [2.24, 2.45) is 0 Å². The number of hydrogen-bond acceptors (Lipinski definition) is 4. The fourth-order valence-corrected chi connectivity index (χ4v) is 2.77. The molecule has 0 spiro atoms. The Hall–Kier alpha value is -2.31. The highest BCUT2D eigenvalue weighted by Gasteiger charge is 2.13. The second-order valence-corrected chi connectivity index (χ2v) is 5.77. The molecule has 110 valence electrons. The van der Waals surface area contributed by atoms with Gasteiger partial charge >= 0.3 is 0 Å². The largest absolute Gasteiger partial charge is 0.296 e. The summed E-state index contributed by atoms with van der Waals surface area (Å²) < 4.78 is 13.7. The van der Waals surface area contributed by atoms with E-state index in [1.165, 1.54) is 6.07 Å². The van der Waals surface area contributed by atoms with Crippen molar-refractivity contribution in [3.63, 3.8) is 0 Å². The van der Waals surface area contributed by atoms with E-state index in [4.69, 9.17) is 11.6 Å². The molecular formula is C15H9ClFN3OS. The van der Waals surface area contributed by atoms with Gasteiger partial charge in [0.15, 0.2) is 5.01 Å². The van der Waals surface area contributed by atoms with E-state index in [0.717, 1.165) is 11.3 Å². The lowest BCUT2D eigenvalue weighted by molar-refractivity contribution is 0.102. The van der Waals surface area contributed by atoms with Crippen LogP contribution in [0.4, 0.5) is 9.52 Å². The quantitative estimate of drug-likeness (QED) is 0.779. The van der Waals surface area contributed by atoms with Gasteiger partial charge in [-0.1, -0.05) is 41.1 Å². The minimum Gasteiger partial charge on any atom is -0.296 e. The summed E-state index contributed by atoms with van der Waals surface area (Å²) in [5.74, 6) is -0.731. The lowest BCUT2D eigenvalue weighted by atomic mass is 10.2. The first-order valence-electron chi connectivity index (χ1n) is 6.29. The number of carbonyl (C=O) groups excluding carboxylic acids is 1. The maximum atomic E-state index is 13.7. The molecule has 0 aliphatic rings. The molecule has 0 bridgehead atoms. The molecule has 4 nitrogen and oxygen atoms in total. The smallest absolute Gasteiger partial charge is 0.257 e. The SMILES string of the molecule is O=C(Nc1nnc(-c2ccccc2F)s1)c1cccc(Cl)c1. The fourth-order valence-electron chi connectivity index (χ4n) is 1.82. The molecule has 0 fully saturated rings. The summed E-state index contributed by atoms with van der Waals surface area (Å²) in [4.78, 5) is 12.1. The van der Waals surface area contributed by atoms with Gasteiger partial charge in [0.25, 0.3) is 5.91 Å². The van der Waals surface area contributed by atoms with Gasteiger partial charge in [0.1, 0.15) is 5.82 Å². The third-order valence-electron chi connectivity index (χ3n) is 2.84. The van der Waals surface area contributed by atoms with Gasteiger partial charge in [0.2, 0.25) is 5.13 Å². The lowest BCUT2D eigenvalue weighted by Gasteiger charge is -2.01. The molecule has 0 aliphatic carbocycles. The number of nitrogens with one attached hydrogen (secondary N) is 1. The summed E-state index contributed by atoms with van der Waals surface area (Å²) in [6.45, 7) is 0. The Labute approximate surface area is 134 Å². The van der Waals surface area contributed by atoms with E-state index in [2.05, 4.69) is 15.5 Å². The number of carbonyl (C=O) groups is 1. The van der Waals surface area contributed by atoms with Crippen LogP contribution in [0.3, 0.4) is 0 Å². The van der Waals surface area contributed by atoms with Gasteiger partial charge in [-0.05, 0) is 30.3 Å². The number of hydrogen-bond donors (Lipinski definition) is 1. The molecule has 22 heavy (non-hydrogen) atoms. The van der Waals surface area contributed by atoms with Crippen molar-refractivity contribution in [1.29, 1.82) is 0 Å². The standard InChI is InChI=1S/C15H9ClFN3OS/c16-10-5-3-4-9(8-10)13(21)18-15-20-19-14(22-15)11-6-1-2-7-12(11)17/h1-8H,(H,18,20,21). The molecular weight excluding hydrogens is 325 g/mol. The van der Waals surface area contributed by atoms with E-state index < -0.39 is 0 Å². The van der Waals surface area contributed by atoms with Crippen LogP contribution in [-0.4, -0.2) is 16.1 Å². The predicted molar refractivity (Wildman–Crippen MR) is 84.7 cm³/mol. The Morgan fingerprint density at radius 2 is 1.95 bits per heavy atom. The minimum absolute atomic E-state index is 0.295. The van der Waals surface area contributed by atoms with Crippen LogP contribution in [0.5, 0.6) is 0 Å². The number of nitrogens with zero attached hydrogens (tertiary/aromatic N) is 2. The fraction of sp³-hybridized carbons (Fsp3) is 0. The van der Waals surface area contributed by atoms with Crippen molar-refractivity contribution in [1.82, 2.24) is 10.2 Å². The maximum absolute atomic E-state index is 13.7. The maximum Gasteiger partial charge on any atom is 0.257 e. The Balaban J connectivity index is 1.80. The van der Waals surface area contributed by atoms with Crippen molar-refractivity contribution in [3.8, 4) is 10.6 Å². The van der Waals surface area contributed by atoms with Crippen LogP contribution in [0.2, 0.25) is 5.02 Å². The Morgan fingerprint density at radius 3 is 2.73 bits per heavy atom. The molecule has 0 saturated carbocycles. The van der Waals surface area contributed by atoms with Crippen LogP contribution < -0.4 is 5.32 Å². The normalized spacial score (nSPS) is 10.5. The van der Waals surface area contributed by atoms with Crippen LogP contribution in [-0.2, 0) is 0 Å². The van der Waals surface area contributed by atoms with Gasteiger partial charge in [-0.3, -0.25) is 10.1 Å². The molecule has 1 amide bonds. The summed E-state index contributed by atoms with van der Waals surface area (Å²) in [6, 6.07) is 12.8.